The molecule has 1 atom stereocenters. The quantitative estimate of drug-likeness (QED) is 0.919. The van der Waals surface area contributed by atoms with Gasteiger partial charge >= 0.3 is 0 Å². The normalized spacial score (nSPS) is 14.0. The van der Waals surface area contributed by atoms with E-state index in [1.807, 2.05) is 31.2 Å². The Morgan fingerprint density at radius 1 is 1.52 bits per heavy atom. The van der Waals surface area contributed by atoms with Crippen LogP contribution >= 0.6 is 12.4 Å². The fraction of sp³-hybridized carbons (Fsp3) is 0.400. The van der Waals surface area contributed by atoms with Crippen LogP contribution in [0.25, 0.3) is 6.08 Å². The van der Waals surface area contributed by atoms with Crippen molar-refractivity contribution in [3.63, 3.8) is 0 Å². The molecule has 1 unspecified atom stereocenters. The molecule has 116 valence electrons. The third-order valence-corrected chi connectivity index (χ3v) is 3.53. The van der Waals surface area contributed by atoms with E-state index in [0.29, 0.717) is 12.1 Å². The number of likely N-dealkylation sites (N-methyl/N-ethyl adjacent to an activating group) is 1. The van der Waals surface area contributed by atoms with Crippen molar-refractivity contribution in [2.45, 2.75) is 13.0 Å². The lowest BCUT2D eigenvalue weighted by molar-refractivity contribution is -0.127. The Balaban J connectivity index is 0.00000220. The van der Waals surface area contributed by atoms with Crippen LogP contribution in [-0.2, 0) is 4.79 Å². The first-order valence-electron chi connectivity index (χ1n) is 6.55. The number of ether oxygens (including phenoxy) is 2. The number of fused-ring (bicyclic) bond motifs is 1. The van der Waals surface area contributed by atoms with E-state index in [0.717, 1.165) is 17.1 Å². The molecular weight excluding hydrogens is 292 g/mol. The van der Waals surface area contributed by atoms with Crippen molar-refractivity contribution >= 4 is 24.4 Å². The third-order valence-electron chi connectivity index (χ3n) is 3.53. The Morgan fingerprint density at radius 2 is 2.24 bits per heavy atom. The zero-order valence-electron chi connectivity index (χ0n) is 12.5. The van der Waals surface area contributed by atoms with Gasteiger partial charge in [0.15, 0.2) is 0 Å². The van der Waals surface area contributed by atoms with Crippen LogP contribution in [0.5, 0.6) is 11.5 Å². The van der Waals surface area contributed by atoms with Crippen LogP contribution in [0.4, 0.5) is 0 Å². The molecule has 0 fully saturated rings. The summed E-state index contributed by atoms with van der Waals surface area (Å²) in [4.78, 5) is 14.0. The largest absolute Gasteiger partial charge is 0.497 e. The van der Waals surface area contributed by atoms with Gasteiger partial charge in [-0.1, -0.05) is 0 Å². The lowest BCUT2D eigenvalue weighted by Crippen LogP contribution is -2.41. The molecular formula is C15H21ClN2O3. The summed E-state index contributed by atoms with van der Waals surface area (Å²) in [5.74, 6) is 1.44. The summed E-state index contributed by atoms with van der Waals surface area (Å²) in [6.45, 7) is 2.62. The minimum absolute atomic E-state index is 0. The van der Waals surface area contributed by atoms with Crippen LogP contribution in [0.3, 0.4) is 0 Å². The molecule has 0 saturated heterocycles. The number of amides is 1. The maximum atomic E-state index is 12.4. The Morgan fingerprint density at radius 3 is 2.86 bits per heavy atom. The number of halogens is 1. The average Bonchev–Trinajstić information content (AvgIpc) is 2.51. The Kier molecular flexibility index (Phi) is 6.05. The maximum absolute atomic E-state index is 12.4. The van der Waals surface area contributed by atoms with Crippen molar-refractivity contribution in [2.24, 2.45) is 5.73 Å². The lowest BCUT2D eigenvalue weighted by Gasteiger charge is -2.26. The summed E-state index contributed by atoms with van der Waals surface area (Å²) in [6, 6.07) is 5.53. The molecule has 1 aliphatic rings. The molecule has 0 aliphatic carbocycles. The number of carbonyl (C=O) groups is 1. The van der Waals surface area contributed by atoms with Gasteiger partial charge in [-0.3, -0.25) is 4.79 Å². The van der Waals surface area contributed by atoms with Crippen LogP contribution < -0.4 is 15.2 Å². The zero-order valence-corrected chi connectivity index (χ0v) is 13.3. The van der Waals surface area contributed by atoms with Crippen LogP contribution in [-0.4, -0.2) is 44.2 Å². The lowest BCUT2D eigenvalue weighted by atomic mass is 10.1. The van der Waals surface area contributed by atoms with Gasteiger partial charge < -0.3 is 20.1 Å². The number of hydrogen-bond acceptors (Lipinski definition) is 4. The average molecular weight is 313 g/mol. The van der Waals surface area contributed by atoms with E-state index in [1.165, 1.54) is 0 Å². The second-order valence-corrected chi connectivity index (χ2v) is 4.86. The number of rotatable bonds is 4. The number of methoxy groups -OCH3 is 1. The minimum Gasteiger partial charge on any atom is -0.497 e. The molecule has 1 aliphatic heterocycles. The molecule has 0 bridgehead atoms. The van der Waals surface area contributed by atoms with Gasteiger partial charge in [-0.05, 0) is 31.2 Å². The summed E-state index contributed by atoms with van der Waals surface area (Å²) in [6.07, 6.45) is 1.85. The van der Waals surface area contributed by atoms with E-state index in [4.69, 9.17) is 15.2 Å². The molecule has 6 heteroatoms. The third kappa shape index (κ3) is 3.68. The van der Waals surface area contributed by atoms with Crippen LogP contribution in [0.1, 0.15) is 12.5 Å². The molecule has 2 rings (SSSR count). The van der Waals surface area contributed by atoms with Crippen molar-refractivity contribution in [1.82, 2.24) is 4.90 Å². The highest BCUT2D eigenvalue weighted by Gasteiger charge is 2.22. The molecule has 5 nitrogen and oxygen atoms in total. The van der Waals surface area contributed by atoms with E-state index in [1.54, 1.807) is 19.1 Å². The topological polar surface area (TPSA) is 64.8 Å². The zero-order chi connectivity index (χ0) is 14.7. The molecule has 2 N–H and O–H groups in total. The first kappa shape index (κ1) is 17.3. The van der Waals surface area contributed by atoms with Gasteiger partial charge in [-0.2, -0.15) is 0 Å². The van der Waals surface area contributed by atoms with Gasteiger partial charge in [0.1, 0.15) is 18.1 Å². The number of nitrogens with two attached hydrogens (primary N) is 1. The standard InChI is InChI=1S/C15H20N2O3.ClH/c1-10(8-16)17(2)15(18)12-6-11-7-13(19-3)4-5-14(11)20-9-12;/h4-7,10H,8-9,16H2,1-3H3;1H. The predicted octanol–water partition coefficient (Wildman–Crippen LogP) is 1.70. The summed E-state index contributed by atoms with van der Waals surface area (Å²) in [5.41, 5.74) is 7.07. The molecule has 0 aromatic heterocycles. The summed E-state index contributed by atoms with van der Waals surface area (Å²) >= 11 is 0. The molecule has 0 radical (unpaired) electrons. The summed E-state index contributed by atoms with van der Waals surface area (Å²) < 4.78 is 10.8. The predicted molar refractivity (Wildman–Crippen MR) is 85.0 cm³/mol. The molecule has 1 heterocycles. The van der Waals surface area contributed by atoms with Crippen molar-refractivity contribution in [1.29, 1.82) is 0 Å². The molecule has 0 saturated carbocycles. The maximum Gasteiger partial charge on any atom is 0.253 e. The van der Waals surface area contributed by atoms with E-state index in [-0.39, 0.29) is 31.0 Å². The molecule has 1 aromatic rings. The number of benzene rings is 1. The highest BCUT2D eigenvalue weighted by Crippen LogP contribution is 2.30. The minimum atomic E-state index is -0.0589. The second-order valence-electron chi connectivity index (χ2n) is 4.86. The van der Waals surface area contributed by atoms with Gasteiger partial charge in [-0.25, -0.2) is 0 Å². The van der Waals surface area contributed by atoms with Gasteiger partial charge in [0, 0.05) is 25.2 Å². The van der Waals surface area contributed by atoms with Gasteiger partial charge in [0.25, 0.3) is 5.91 Å². The SMILES string of the molecule is COc1ccc2c(c1)C=C(C(=O)N(C)C(C)CN)CO2.Cl. The Hall–Kier alpha value is -1.72. The van der Waals surface area contributed by atoms with E-state index >= 15 is 0 Å². The van der Waals surface area contributed by atoms with Crippen molar-refractivity contribution < 1.29 is 14.3 Å². The van der Waals surface area contributed by atoms with Gasteiger partial charge in [0.05, 0.1) is 12.7 Å². The van der Waals surface area contributed by atoms with Crippen molar-refractivity contribution in [3.05, 3.63) is 29.3 Å². The molecule has 0 spiro atoms. The Labute approximate surface area is 131 Å². The fourth-order valence-corrected chi connectivity index (χ4v) is 1.99. The number of nitrogens with zero attached hydrogens (tertiary/aromatic N) is 1. The fourth-order valence-electron chi connectivity index (χ4n) is 1.99. The number of hydrogen-bond donors (Lipinski definition) is 1. The van der Waals surface area contributed by atoms with E-state index in [2.05, 4.69) is 0 Å². The van der Waals surface area contributed by atoms with Gasteiger partial charge in [-0.15, -0.1) is 12.4 Å². The molecule has 21 heavy (non-hydrogen) atoms. The van der Waals surface area contributed by atoms with Gasteiger partial charge in [0.2, 0.25) is 0 Å². The van der Waals surface area contributed by atoms with E-state index in [9.17, 15) is 4.79 Å². The second kappa shape index (κ2) is 7.33. The first-order chi connectivity index (χ1) is 9.56. The van der Waals surface area contributed by atoms with Crippen LogP contribution in [0, 0.1) is 0 Å². The smallest absolute Gasteiger partial charge is 0.253 e. The highest BCUT2D eigenvalue weighted by atomic mass is 35.5. The van der Waals surface area contributed by atoms with Crippen LogP contribution in [0.2, 0.25) is 0 Å². The summed E-state index contributed by atoms with van der Waals surface area (Å²) in [5, 5.41) is 0. The monoisotopic (exact) mass is 312 g/mol. The van der Waals surface area contributed by atoms with Crippen LogP contribution in [0.15, 0.2) is 23.8 Å². The summed E-state index contributed by atoms with van der Waals surface area (Å²) in [7, 11) is 3.36. The highest BCUT2D eigenvalue weighted by molar-refractivity contribution is 5.99. The molecule has 1 aromatic carbocycles. The molecule has 1 amide bonds. The van der Waals surface area contributed by atoms with E-state index < -0.39 is 0 Å². The first-order valence-corrected chi connectivity index (χ1v) is 6.55. The Bertz CT molecular complexity index is 546. The van der Waals surface area contributed by atoms with Crippen molar-refractivity contribution in [2.75, 3.05) is 27.3 Å². The van der Waals surface area contributed by atoms with Crippen molar-refractivity contribution in [3.8, 4) is 11.5 Å². The number of carbonyl (C=O) groups excluding carboxylic acids is 1.